The molecule has 1 N–H and O–H groups in total. The molecule has 0 radical (unpaired) electrons. The second-order valence-corrected chi connectivity index (χ2v) is 5.57. The molecule has 19 heavy (non-hydrogen) atoms. The molecule has 2 aromatic rings. The summed E-state index contributed by atoms with van der Waals surface area (Å²) < 4.78 is 5.99. The van der Waals surface area contributed by atoms with Crippen LogP contribution in [0.25, 0.3) is 11.1 Å². The Hall–Kier alpha value is -1.55. The number of hydrogen-bond acceptors (Lipinski definition) is 4. The first-order chi connectivity index (χ1) is 9.24. The van der Waals surface area contributed by atoms with Gasteiger partial charge >= 0.3 is 0 Å². The van der Waals surface area contributed by atoms with E-state index in [4.69, 9.17) is 4.42 Å². The van der Waals surface area contributed by atoms with Crippen molar-refractivity contribution >= 4 is 16.8 Å². The fraction of sp³-hybridized carbons (Fsp3) is 0.533. The topological polar surface area (TPSA) is 41.3 Å². The van der Waals surface area contributed by atoms with Crippen molar-refractivity contribution < 1.29 is 4.42 Å². The van der Waals surface area contributed by atoms with Crippen LogP contribution in [0.15, 0.2) is 22.6 Å². The third-order valence-electron chi connectivity index (χ3n) is 3.48. The zero-order valence-electron chi connectivity index (χ0n) is 11.6. The molecule has 1 aromatic carbocycles. The molecule has 1 aromatic heterocycles. The largest absolute Gasteiger partial charge is 0.438 e. The maximum Gasteiger partial charge on any atom is 0.195 e. The van der Waals surface area contributed by atoms with E-state index in [2.05, 4.69) is 41.2 Å². The van der Waals surface area contributed by atoms with E-state index in [-0.39, 0.29) is 0 Å². The molecular formula is C15H21N3O. The highest BCUT2D eigenvalue weighted by Crippen LogP contribution is 2.28. The summed E-state index contributed by atoms with van der Waals surface area (Å²) in [6.07, 6.45) is 0.898. The van der Waals surface area contributed by atoms with Crippen molar-refractivity contribution in [1.29, 1.82) is 0 Å². The summed E-state index contributed by atoms with van der Waals surface area (Å²) in [7, 11) is 0. The van der Waals surface area contributed by atoms with Gasteiger partial charge in [0.25, 0.3) is 0 Å². The van der Waals surface area contributed by atoms with E-state index in [1.807, 2.05) is 6.07 Å². The number of oxazole rings is 1. The number of para-hydroxylation sites is 1. The van der Waals surface area contributed by atoms with Crippen LogP contribution in [0.3, 0.4) is 0 Å². The van der Waals surface area contributed by atoms with E-state index < -0.39 is 0 Å². The minimum Gasteiger partial charge on any atom is -0.438 e. The smallest absolute Gasteiger partial charge is 0.195 e. The Bertz CT molecular complexity index is 556. The number of nitrogens with one attached hydrogen (secondary N) is 1. The predicted molar refractivity (Wildman–Crippen MR) is 77.6 cm³/mol. The van der Waals surface area contributed by atoms with Crippen LogP contribution in [0.2, 0.25) is 0 Å². The van der Waals surface area contributed by atoms with Gasteiger partial charge in [0, 0.05) is 32.6 Å². The van der Waals surface area contributed by atoms with Crippen LogP contribution < -0.4 is 10.2 Å². The molecule has 1 fully saturated rings. The molecule has 102 valence electrons. The Labute approximate surface area is 113 Å². The van der Waals surface area contributed by atoms with Crippen molar-refractivity contribution in [2.24, 2.45) is 5.92 Å². The van der Waals surface area contributed by atoms with Gasteiger partial charge in [0.15, 0.2) is 11.5 Å². The third-order valence-corrected chi connectivity index (χ3v) is 3.48. The van der Waals surface area contributed by atoms with Gasteiger partial charge in [0.2, 0.25) is 0 Å². The van der Waals surface area contributed by atoms with Crippen LogP contribution in [0.1, 0.15) is 19.7 Å². The highest BCUT2D eigenvalue weighted by Gasteiger charge is 2.17. The van der Waals surface area contributed by atoms with Gasteiger partial charge < -0.3 is 14.6 Å². The molecule has 0 atom stereocenters. The van der Waals surface area contributed by atoms with E-state index in [9.17, 15) is 0 Å². The normalized spacial score (nSPS) is 16.5. The number of piperazine rings is 1. The molecule has 4 heteroatoms. The second kappa shape index (κ2) is 5.21. The summed E-state index contributed by atoms with van der Waals surface area (Å²) in [5.41, 5.74) is 3.10. The minimum atomic E-state index is 0.565. The molecule has 1 saturated heterocycles. The number of rotatable bonds is 3. The summed E-state index contributed by atoms with van der Waals surface area (Å²) in [6, 6.07) is 6.24. The standard InChI is InChI=1S/C15H21N3O/c1-11(2)10-14-17-12-4-3-5-13(15(12)19-14)18-8-6-16-7-9-18/h3-5,11,16H,6-10H2,1-2H3. The first-order valence-corrected chi connectivity index (χ1v) is 7.08. The average molecular weight is 259 g/mol. The van der Waals surface area contributed by atoms with Crippen molar-refractivity contribution in [1.82, 2.24) is 10.3 Å². The van der Waals surface area contributed by atoms with Crippen molar-refractivity contribution in [3.8, 4) is 0 Å². The highest BCUT2D eigenvalue weighted by molar-refractivity contribution is 5.86. The summed E-state index contributed by atoms with van der Waals surface area (Å²) in [6.45, 7) is 8.49. The van der Waals surface area contributed by atoms with Gasteiger partial charge in [0.05, 0.1) is 5.69 Å². The molecule has 3 rings (SSSR count). The Morgan fingerprint density at radius 3 is 2.84 bits per heavy atom. The fourth-order valence-electron chi connectivity index (χ4n) is 2.57. The van der Waals surface area contributed by atoms with Crippen LogP contribution in [-0.2, 0) is 6.42 Å². The third kappa shape index (κ3) is 2.59. The van der Waals surface area contributed by atoms with Gasteiger partial charge in [0.1, 0.15) is 5.52 Å². The summed E-state index contributed by atoms with van der Waals surface area (Å²) in [4.78, 5) is 6.98. The molecule has 0 aliphatic carbocycles. The highest BCUT2D eigenvalue weighted by atomic mass is 16.3. The zero-order valence-corrected chi connectivity index (χ0v) is 11.6. The Morgan fingerprint density at radius 2 is 2.11 bits per heavy atom. The first kappa shape index (κ1) is 12.5. The number of hydrogen-bond donors (Lipinski definition) is 1. The van der Waals surface area contributed by atoms with Gasteiger partial charge in [-0.3, -0.25) is 0 Å². The van der Waals surface area contributed by atoms with Gasteiger partial charge in [-0.2, -0.15) is 0 Å². The van der Waals surface area contributed by atoms with Crippen molar-refractivity contribution in [3.63, 3.8) is 0 Å². The maximum absolute atomic E-state index is 5.99. The second-order valence-electron chi connectivity index (χ2n) is 5.57. The molecule has 4 nitrogen and oxygen atoms in total. The molecule has 2 heterocycles. The van der Waals surface area contributed by atoms with E-state index in [1.54, 1.807) is 0 Å². The quantitative estimate of drug-likeness (QED) is 0.919. The zero-order chi connectivity index (χ0) is 13.2. The summed E-state index contributed by atoms with van der Waals surface area (Å²) in [5, 5.41) is 3.38. The lowest BCUT2D eigenvalue weighted by Crippen LogP contribution is -2.43. The molecular weight excluding hydrogens is 238 g/mol. The first-order valence-electron chi connectivity index (χ1n) is 7.08. The van der Waals surface area contributed by atoms with Crippen LogP contribution >= 0.6 is 0 Å². The van der Waals surface area contributed by atoms with Gasteiger partial charge in [-0.25, -0.2) is 4.98 Å². The molecule has 1 aliphatic rings. The molecule has 0 bridgehead atoms. The minimum absolute atomic E-state index is 0.565. The van der Waals surface area contributed by atoms with E-state index in [0.29, 0.717) is 5.92 Å². The molecule has 0 unspecified atom stereocenters. The molecule has 1 aliphatic heterocycles. The number of anilines is 1. The lowest BCUT2D eigenvalue weighted by atomic mass is 10.1. The lowest BCUT2D eigenvalue weighted by Gasteiger charge is -2.29. The number of nitrogens with zero attached hydrogens (tertiary/aromatic N) is 2. The van der Waals surface area contributed by atoms with Crippen molar-refractivity contribution in [2.45, 2.75) is 20.3 Å². The average Bonchev–Trinajstić information content (AvgIpc) is 2.80. The summed E-state index contributed by atoms with van der Waals surface area (Å²) >= 11 is 0. The number of benzene rings is 1. The maximum atomic E-state index is 5.99. The van der Waals surface area contributed by atoms with Crippen LogP contribution in [-0.4, -0.2) is 31.2 Å². The number of aromatic nitrogens is 1. The Kier molecular flexibility index (Phi) is 3.42. The SMILES string of the molecule is CC(C)Cc1nc2cccc(N3CCNCC3)c2o1. The predicted octanol–water partition coefficient (Wildman–Crippen LogP) is 2.44. The van der Waals surface area contributed by atoms with Gasteiger partial charge in [-0.05, 0) is 18.1 Å². The molecule has 0 amide bonds. The Morgan fingerprint density at radius 1 is 1.32 bits per heavy atom. The summed E-state index contributed by atoms with van der Waals surface area (Å²) in [5.74, 6) is 1.42. The van der Waals surface area contributed by atoms with Crippen molar-refractivity contribution in [2.75, 3.05) is 31.1 Å². The lowest BCUT2D eigenvalue weighted by molar-refractivity contribution is 0.481. The molecule has 0 saturated carbocycles. The van der Waals surface area contributed by atoms with Gasteiger partial charge in [-0.15, -0.1) is 0 Å². The van der Waals surface area contributed by atoms with Crippen LogP contribution in [0, 0.1) is 5.92 Å². The monoisotopic (exact) mass is 259 g/mol. The number of fused-ring (bicyclic) bond motifs is 1. The van der Waals surface area contributed by atoms with E-state index in [0.717, 1.165) is 49.6 Å². The molecule has 0 spiro atoms. The van der Waals surface area contributed by atoms with Crippen LogP contribution in [0.4, 0.5) is 5.69 Å². The van der Waals surface area contributed by atoms with Crippen molar-refractivity contribution in [3.05, 3.63) is 24.1 Å². The van der Waals surface area contributed by atoms with E-state index >= 15 is 0 Å². The van der Waals surface area contributed by atoms with Crippen LogP contribution in [0.5, 0.6) is 0 Å². The fourth-order valence-corrected chi connectivity index (χ4v) is 2.57. The Balaban J connectivity index is 1.97. The van der Waals surface area contributed by atoms with E-state index in [1.165, 1.54) is 5.69 Å². The van der Waals surface area contributed by atoms with Gasteiger partial charge in [-0.1, -0.05) is 19.9 Å².